The number of carbonyl (C=O) groups is 2. The number of carboxylic acids is 1. The van der Waals surface area contributed by atoms with Crippen molar-refractivity contribution >= 4 is 11.9 Å². The second kappa shape index (κ2) is 10.9. The number of aliphatic carboxylic acids is 1. The molecular formula is C24H27NO8. The van der Waals surface area contributed by atoms with Crippen LogP contribution in [0, 0.1) is 0 Å². The molecular weight excluding hydrogens is 430 g/mol. The summed E-state index contributed by atoms with van der Waals surface area (Å²) in [7, 11) is 0. The van der Waals surface area contributed by atoms with Gasteiger partial charge in [-0.3, -0.25) is 4.79 Å². The van der Waals surface area contributed by atoms with Gasteiger partial charge in [0.25, 0.3) is 0 Å². The Balaban J connectivity index is 1.56. The fraction of sp³-hybridized carbons (Fsp3) is 0.417. The van der Waals surface area contributed by atoms with E-state index in [4.69, 9.17) is 23.7 Å². The zero-order valence-corrected chi connectivity index (χ0v) is 18.2. The third-order valence-corrected chi connectivity index (χ3v) is 5.44. The first-order valence-corrected chi connectivity index (χ1v) is 10.7. The fourth-order valence-corrected chi connectivity index (χ4v) is 4.00. The molecule has 0 aliphatic carbocycles. The Morgan fingerprint density at radius 1 is 1.03 bits per heavy atom. The van der Waals surface area contributed by atoms with E-state index in [1.54, 1.807) is 0 Å². The van der Waals surface area contributed by atoms with Crippen LogP contribution in [0.5, 0.6) is 0 Å². The Bertz CT molecular complexity index is 925. The zero-order chi connectivity index (χ0) is 23.2. The Morgan fingerprint density at radius 2 is 1.73 bits per heavy atom. The maximum Gasteiger partial charge on any atom is 0.329 e. The van der Waals surface area contributed by atoms with Gasteiger partial charge in [0.2, 0.25) is 5.91 Å². The van der Waals surface area contributed by atoms with E-state index in [1.807, 2.05) is 60.7 Å². The van der Waals surface area contributed by atoms with Gasteiger partial charge in [-0.05, 0) is 5.56 Å². The second-order valence-corrected chi connectivity index (χ2v) is 7.91. The topological polar surface area (TPSA) is 113 Å². The van der Waals surface area contributed by atoms with Crippen LogP contribution in [0.4, 0.5) is 0 Å². The lowest BCUT2D eigenvalue weighted by Gasteiger charge is -2.49. The lowest BCUT2D eigenvalue weighted by Crippen LogP contribution is -2.67. The third-order valence-electron chi connectivity index (χ3n) is 5.44. The van der Waals surface area contributed by atoms with Crippen molar-refractivity contribution in [2.75, 3.05) is 13.2 Å². The van der Waals surface area contributed by atoms with Gasteiger partial charge in [-0.1, -0.05) is 60.7 Å². The Morgan fingerprint density at radius 3 is 2.39 bits per heavy atom. The number of rotatable bonds is 8. The molecule has 33 heavy (non-hydrogen) atoms. The molecule has 1 amide bonds. The van der Waals surface area contributed by atoms with E-state index in [9.17, 15) is 14.7 Å². The molecule has 4 rings (SSSR count). The predicted octanol–water partition coefficient (Wildman–Crippen LogP) is 2.02. The molecule has 0 radical (unpaired) electrons. The highest BCUT2D eigenvalue weighted by atomic mass is 16.8. The summed E-state index contributed by atoms with van der Waals surface area (Å²) in [5.41, 5.74) is 1.74. The molecule has 2 aromatic carbocycles. The van der Waals surface area contributed by atoms with Crippen molar-refractivity contribution in [2.45, 2.75) is 50.5 Å². The van der Waals surface area contributed by atoms with Crippen LogP contribution < -0.4 is 5.32 Å². The van der Waals surface area contributed by atoms with Crippen molar-refractivity contribution in [1.29, 1.82) is 0 Å². The number of benzene rings is 2. The normalized spacial score (nSPS) is 29.1. The summed E-state index contributed by atoms with van der Waals surface area (Å²) in [5, 5.41) is 12.0. The van der Waals surface area contributed by atoms with E-state index >= 15 is 0 Å². The summed E-state index contributed by atoms with van der Waals surface area (Å²) in [6.45, 7) is 1.23. The second-order valence-electron chi connectivity index (χ2n) is 7.91. The highest BCUT2D eigenvalue weighted by Crippen LogP contribution is 2.35. The number of carbonyl (C=O) groups excluding carboxylic acids is 1. The average molecular weight is 457 g/mol. The third kappa shape index (κ3) is 5.95. The van der Waals surface area contributed by atoms with Crippen molar-refractivity contribution in [1.82, 2.24) is 5.32 Å². The molecule has 9 heteroatoms. The summed E-state index contributed by atoms with van der Waals surface area (Å²) >= 11 is 0. The zero-order valence-electron chi connectivity index (χ0n) is 18.2. The van der Waals surface area contributed by atoms with Crippen molar-refractivity contribution < 1.29 is 38.4 Å². The number of carboxylic acid groups (broad SMARTS) is 1. The van der Waals surface area contributed by atoms with E-state index in [0.717, 1.165) is 11.1 Å². The SMILES string of the molecule is CC(=O)N[C@@H]1[C@H](OCc2ccccc2)O[C@@H]2CO[C@@H](c3ccccc3)O[C@H]2[C@H]1OCC(=O)O. The first kappa shape index (κ1) is 23.3. The number of nitrogens with one attached hydrogen (secondary N) is 1. The molecule has 6 atom stereocenters. The number of hydrogen-bond acceptors (Lipinski definition) is 7. The summed E-state index contributed by atoms with van der Waals surface area (Å²) in [6.07, 6.45) is -3.66. The molecule has 2 aliphatic heterocycles. The molecule has 0 spiro atoms. The van der Waals surface area contributed by atoms with E-state index in [2.05, 4.69) is 5.32 Å². The van der Waals surface area contributed by atoms with E-state index in [0.29, 0.717) is 0 Å². The highest BCUT2D eigenvalue weighted by molar-refractivity contribution is 5.73. The van der Waals surface area contributed by atoms with Gasteiger partial charge in [0, 0.05) is 12.5 Å². The van der Waals surface area contributed by atoms with Gasteiger partial charge in [-0.2, -0.15) is 0 Å². The minimum Gasteiger partial charge on any atom is -0.480 e. The lowest BCUT2D eigenvalue weighted by molar-refractivity contribution is -0.349. The van der Waals surface area contributed by atoms with Crippen LogP contribution in [0.3, 0.4) is 0 Å². The number of hydrogen-bond donors (Lipinski definition) is 2. The summed E-state index contributed by atoms with van der Waals surface area (Å²) in [5.74, 6) is -1.46. The number of ether oxygens (including phenoxy) is 5. The molecule has 0 aromatic heterocycles. The van der Waals surface area contributed by atoms with Crippen molar-refractivity contribution in [3.8, 4) is 0 Å². The monoisotopic (exact) mass is 457 g/mol. The minimum atomic E-state index is -1.13. The molecule has 2 saturated heterocycles. The quantitative estimate of drug-likeness (QED) is 0.619. The molecule has 2 N–H and O–H groups in total. The van der Waals surface area contributed by atoms with E-state index in [-0.39, 0.29) is 19.1 Å². The van der Waals surface area contributed by atoms with Crippen LogP contribution in [-0.2, 0) is 39.9 Å². The van der Waals surface area contributed by atoms with Crippen LogP contribution in [0.1, 0.15) is 24.3 Å². The highest BCUT2D eigenvalue weighted by Gasteiger charge is 2.51. The maximum atomic E-state index is 12.0. The van der Waals surface area contributed by atoms with Crippen LogP contribution in [0.15, 0.2) is 60.7 Å². The standard InChI is InChI=1S/C24H27NO8/c1-15(26)25-20-22(29-14-19(27)28)21-18(13-31-23(33-21)17-10-6-3-7-11-17)32-24(20)30-12-16-8-4-2-5-9-16/h2-11,18,20-24H,12-14H2,1H3,(H,25,26)(H,27,28)/t18-,20+,21-,22+,23-,24-/m1/s1. The molecule has 176 valence electrons. The van der Waals surface area contributed by atoms with Crippen LogP contribution in [0.25, 0.3) is 0 Å². The Kier molecular flexibility index (Phi) is 7.69. The van der Waals surface area contributed by atoms with Gasteiger partial charge in [0.1, 0.15) is 31.0 Å². The Hall–Kier alpha value is -2.82. The van der Waals surface area contributed by atoms with Gasteiger partial charge < -0.3 is 34.1 Å². The molecule has 2 aromatic rings. The van der Waals surface area contributed by atoms with Crippen LogP contribution in [0.2, 0.25) is 0 Å². The largest absolute Gasteiger partial charge is 0.480 e. The molecule has 0 saturated carbocycles. The average Bonchev–Trinajstić information content (AvgIpc) is 2.82. The summed E-state index contributed by atoms with van der Waals surface area (Å²) in [4.78, 5) is 23.3. The van der Waals surface area contributed by atoms with Crippen LogP contribution >= 0.6 is 0 Å². The summed E-state index contributed by atoms with van der Waals surface area (Å²) in [6, 6.07) is 18.1. The minimum absolute atomic E-state index is 0.190. The van der Waals surface area contributed by atoms with Crippen molar-refractivity contribution in [3.63, 3.8) is 0 Å². The van der Waals surface area contributed by atoms with Gasteiger partial charge in [-0.15, -0.1) is 0 Å². The van der Waals surface area contributed by atoms with Gasteiger partial charge in [0.05, 0.1) is 13.2 Å². The van der Waals surface area contributed by atoms with Crippen molar-refractivity contribution in [3.05, 3.63) is 71.8 Å². The van der Waals surface area contributed by atoms with Crippen molar-refractivity contribution in [2.24, 2.45) is 0 Å². The smallest absolute Gasteiger partial charge is 0.329 e. The molecule has 2 fully saturated rings. The molecule has 0 bridgehead atoms. The van der Waals surface area contributed by atoms with Gasteiger partial charge >= 0.3 is 5.97 Å². The van der Waals surface area contributed by atoms with Crippen LogP contribution in [-0.4, -0.2) is 60.8 Å². The molecule has 2 heterocycles. The number of amides is 1. The predicted molar refractivity (Wildman–Crippen MR) is 115 cm³/mol. The van der Waals surface area contributed by atoms with E-state index in [1.165, 1.54) is 6.92 Å². The first-order chi connectivity index (χ1) is 16.0. The van der Waals surface area contributed by atoms with Gasteiger partial charge in [0.15, 0.2) is 12.6 Å². The van der Waals surface area contributed by atoms with E-state index < -0.39 is 49.5 Å². The van der Waals surface area contributed by atoms with Gasteiger partial charge in [-0.25, -0.2) is 4.79 Å². The Labute approximate surface area is 191 Å². The number of fused-ring (bicyclic) bond motifs is 1. The summed E-state index contributed by atoms with van der Waals surface area (Å²) < 4.78 is 29.9. The maximum absolute atomic E-state index is 12.0. The first-order valence-electron chi connectivity index (χ1n) is 10.7. The molecule has 9 nitrogen and oxygen atoms in total. The lowest BCUT2D eigenvalue weighted by atomic mass is 9.95. The molecule has 2 aliphatic rings. The fourth-order valence-electron chi connectivity index (χ4n) is 4.00. The molecule has 0 unspecified atom stereocenters.